The Morgan fingerprint density at radius 3 is 2.89 bits per heavy atom. The number of carbonyl (C=O) groups excluding carboxylic acids is 1. The number of benzene rings is 1. The molecule has 0 bridgehead atoms. The van der Waals surface area contributed by atoms with Gasteiger partial charge in [0.2, 0.25) is 0 Å². The van der Waals surface area contributed by atoms with Crippen LogP contribution in [0.3, 0.4) is 0 Å². The maximum Gasteiger partial charge on any atom is 0.338 e. The van der Waals surface area contributed by atoms with Gasteiger partial charge in [0.05, 0.1) is 12.7 Å². The van der Waals surface area contributed by atoms with E-state index < -0.39 is 0 Å². The Morgan fingerprint density at radius 2 is 2.21 bits per heavy atom. The van der Waals surface area contributed by atoms with Crippen LogP contribution in [0.25, 0.3) is 10.4 Å². The molecule has 0 amide bonds. The maximum atomic E-state index is 11.8. The largest absolute Gasteiger partial charge is 0.465 e. The molecule has 2 aromatic rings. The molecule has 0 atom stereocenters. The maximum absolute atomic E-state index is 11.8. The van der Waals surface area contributed by atoms with E-state index in [0.29, 0.717) is 10.6 Å². The third kappa shape index (κ3) is 3.06. The number of allylic oxidation sites excluding steroid dienone is 1. The van der Waals surface area contributed by atoms with Crippen molar-refractivity contribution in [1.29, 1.82) is 0 Å². The van der Waals surface area contributed by atoms with E-state index in [9.17, 15) is 4.79 Å². The smallest absolute Gasteiger partial charge is 0.338 e. The van der Waals surface area contributed by atoms with Crippen LogP contribution in [0.5, 0.6) is 0 Å². The van der Waals surface area contributed by atoms with Crippen molar-refractivity contribution in [1.82, 2.24) is 0 Å². The summed E-state index contributed by atoms with van der Waals surface area (Å²) in [6.07, 6.45) is 2.67. The van der Waals surface area contributed by atoms with Crippen LogP contribution in [-0.2, 0) is 11.2 Å². The standard InChI is InChI=1S/C15H13ClO2S/c1-3-4-11-6-8-14(19-11)13-9-10(16)5-7-12(13)15(17)18-2/h3,5-9H,1,4H2,2H3. The van der Waals surface area contributed by atoms with Crippen molar-refractivity contribution in [2.45, 2.75) is 6.42 Å². The first-order valence-electron chi connectivity index (χ1n) is 5.73. The van der Waals surface area contributed by atoms with Crippen molar-refractivity contribution in [3.8, 4) is 10.4 Å². The third-order valence-corrected chi connectivity index (χ3v) is 4.04. The van der Waals surface area contributed by atoms with Gasteiger partial charge >= 0.3 is 5.97 Å². The van der Waals surface area contributed by atoms with Gasteiger partial charge in [-0.25, -0.2) is 4.79 Å². The summed E-state index contributed by atoms with van der Waals surface area (Å²) in [5, 5.41) is 0.598. The number of hydrogen-bond acceptors (Lipinski definition) is 3. The Kier molecular flexibility index (Phi) is 4.40. The average molecular weight is 293 g/mol. The summed E-state index contributed by atoms with van der Waals surface area (Å²) in [7, 11) is 1.37. The number of esters is 1. The molecule has 2 rings (SSSR count). The second-order valence-corrected chi connectivity index (χ2v) is 5.55. The molecule has 98 valence electrons. The summed E-state index contributed by atoms with van der Waals surface area (Å²) >= 11 is 7.64. The van der Waals surface area contributed by atoms with Gasteiger partial charge in [0.15, 0.2) is 0 Å². The van der Waals surface area contributed by atoms with Crippen molar-refractivity contribution in [3.05, 3.63) is 58.5 Å². The van der Waals surface area contributed by atoms with Gasteiger partial charge in [-0.1, -0.05) is 17.7 Å². The second kappa shape index (κ2) is 6.04. The van der Waals surface area contributed by atoms with Gasteiger partial charge in [0.25, 0.3) is 0 Å². The van der Waals surface area contributed by atoms with Crippen molar-refractivity contribution >= 4 is 28.9 Å². The number of hydrogen-bond donors (Lipinski definition) is 0. The second-order valence-electron chi connectivity index (χ2n) is 3.94. The fourth-order valence-electron chi connectivity index (χ4n) is 1.78. The number of carbonyl (C=O) groups is 1. The molecule has 4 heteroatoms. The minimum Gasteiger partial charge on any atom is -0.465 e. The van der Waals surface area contributed by atoms with Crippen LogP contribution >= 0.6 is 22.9 Å². The monoisotopic (exact) mass is 292 g/mol. The van der Waals surface area contributed by atoms with Gasteiger partial charge in [0.1, 0.15) is 0 Å². The highest BCUT2D eigenvalue weighted by atomic mass is 35.5. The van der Waals surface area contributed by atoms with Gasteiger partial charge in [-0.2, -0.15) is 0 Å². The Balaban J connectivity index is 2.49. The fourth-order valence-corrected chi connectivity index (χ4v) is 2.99. The van der Waals surface area contributed by atoms with Crippen LogP contribution in [0.15, 0.2) is 43.0 Å². The highest BCUT2D eigenvalue weighted by molar-refractivity contribution is 7.15. The zero-order chi connectivity index (χ0) is 13.8. The number of rotatable bonds is 4. The number of methoxy groups -OCH3 is 1. The van der Waals surface area contributed by atoms with Gasteiger partial charge in [0, 0.05) is 20.3 Å². The van der Waals surface area contributed by atoms with Crippen molar-refractivity contribution in [2.75, 3.05) is 7.11 Å². The van der Waals surface area contributed by atoms with Crippen LogP contribution in [0.2, 0.25) is 5.02 Å². The molecular weight excluding hydrogens is 280 g/mol. The number of ether oxygens (including phenoxy) is 1. The predicted molar refractivity (Wildman–Crippen MR) is 80.0 cm³/mol. The van der Waals surface area contributed by atoms with Crippen LogP contribution < -0.4 is 0 Å². The fraction of sp³-hybridized carbons (Fsp3) is 0.133. The quantitative estimate of drug-likeness (QED) is 0.609. The van der Waals surface area contributed by atoms with E-state index in [1.807, 2.05) is 18.2 Å². The Hall–Kier alpha value is -1.58. The molecule has 0 spiro atoms. The van der Waals surface area contributed by atoms with Gasteiger partial charge in [-0.15, -0.1) is 17.9 Å². The Bertz CT molecular complexity index is 616. The molecule has 2 nitrogen and oxygen atoms in total. The zero-order valence-electron chi connectivity index (χ0n) is 10.5. The normalized spacial score (nSPS) is 10.2. The van der Waals surface area contributed by atoms with Gasteiger partial charge in [-0.3, -0.25) is 0 Å². The molecule has 1 aromatic carbocycles. The topological polar surface area (TPSA) is 26.3 Å². The van der Waals surface area contributed by atoms with E-state index in [-0.39, 0.29) is 5.97 Å². The van der Waals surface area contributed by atoms with Crippen LogP contribution in [0, 0.1) is 0 Å². The molecule has 0 saturated carbocycles. The Labute approximate surface area is 121 Å². The molecule has 0 N–H and O–H groups in total. The van der Waals surface area contributed by atoms with Crippen LogP contribution in [0.4, 0.5) is 0 Å². The highest BCUT2D eigenvalue weighted by Gasteiger charge is 2.15. The lowest BCUT2D eigenvalue weighted by atomic mass is 10.1. The average Bonchev–Trinajstić information content (AvgIpc) is 2.87. The van der Waals surface area contributed by atoms with Crippen LogP contribution in [-0.4, -0.2) is 13.1 Å². The first kappa shape index (κ1) is 13.8. The van der Waals surface area contributed by atoms with E-state index in [1.165, 1.54) is 12.0 Å². The summed E-state index contributed by atoms with van der Waals surface area (Å²) in [4.78, 5) is 14.0. The van der Waals surface area contributed by atoms with Gasteiger partial charge < -0.3 is 4.74 Å². The molecule has 0 radical (unpaired) electrons. The molecule has 1 aromatic heterocycles. The minimum absolute atomic E-state index is 0.356. The molecule has 0 aliphatic carbocycles. The summed E-state index contributed by atoms with van der Waals surface area (Å²) in [5.41, 5.74) is 1.33. The summed E-state index contributed by atoms with van der Waals surface area (Å²) in [5.74, 6) is -0.356. The third-order valence-electron chi connectivity index (χ3n) is 2.66. The molecule has 19 heavy (non-hydrogen) atoms. The molecule has 1 heterocycles. The molecular formula is C15H13ClO2S. The lowest BCUT2D eigenvalue weighted by Crippen LogP contribution is -2.02. The lowest BCUT2D eigenvalue weighted by molar-refractivity contribution is 0.0601. The summed E-state index contributed by atoms with van der Waals surface area (Å²) in [6.45, 7) is 3.72. The molecule has 0 aliphatic heterocycles. The first-order valence-corrected chi connectivity index (χ1v) is 6.93. The summed E-state index contributed by atoms with van der Waals surface area (Å²) < 4.78 is 4.80. The predicted octanol–water partition coefficient (Wildman–Crippen LogP) is 4.58. The molecule has 0 fully saturated rings. The van der Waals surface area contributed by atoms with E-state index in [2.05, 4.69) is 6.58 Å². The molecule has 0 aliphatic rings. The van der Waals surface area contributed by atoms with Crippen LogP contribution in [0.1, 0.15) is 15.2 Å². The van der Waals surface area contributed by atoms with Crippen molar-refractivity contribution in [2.24, 2.45) is 0 Å². The SMILES string of the molecule is C=CCc1ccc(-c2cc(Cl)ccc2C(=O)OC)s1. The van der Waals surface area contributed by atoms with Crippen molar-refractivity contribution < 1.29 is 9.53 Å². The van der Waals surface area contributed by atoms with Gasteiger partial charge in [-0.05, 0) is 36.8 Å². The number of halogens is 1. The first-order chi connectivity index (χ1) is 9.15. The van der Waals surface area contributed by atoms with E-state index in [0.717, 1.165) is 16.9 Å². The molecule has 0 saturated heterocycles. The molecule has 0 unspecified atom stereocenters. The van der Waals surface area contributed by atoms with Crippen molar-refractivity contribution in [3.63, 3.8) is 0 Å². The van der Waals surface area contributed by atoms with E-state index >= 15 is 0 Å². The Morgan fingerprint density at radius 1 is 1.42 bits per heavy atom. The van der Waals surface area contributed by atoms with E-state index in [4.69, 9.17) is 16.3 Å². The van der Waals surface area contributed by atoms with E-state index in [1.54, 1.807) is 29.5 Å². The highest BCUT2D eigenvalue weighted by Crippen LogP contribution is 2.33. The minimum atomic E-state index is -0.356. The lowest BCUT2D eigenvalue weighted by Gasteiger charge is -2.06. The summed E-state index contributed by atoms with van der Waals surface area (Å²) in [6, 6.07) is 9.19. The number of thiophene rings is 1. The zero-order valence-corrected chi connectivity index (χ0v) is 12.1.